The van der Waals surface area contributed by atoms with Crippen LogP contribution < -0.4 is 5.73 Å². The third kappa shape index (κ3) is 5.08. The molecule has 2 N–H and O–H groups in total. The van der Waals surface area contributed by atoms with Crippen molar-refractivity contribution in [1.82, 2.24) is 4.90 Å². The van der Waals surface area contributed by atoms with Crippen LogP contribution in [-0.4, -0.2) is 36.8 Å². The van der Waals surface area contributed by atoms with Gasteiger partial charge in [0.2, 0.25) is 0 Å². The molecule has 0 saturated heterocycles. The Bertz CT molecular complexity index is 271. The van der Waals surface area contributed by atoms with E-state index in [0.29, 0.717) is 25.6 Å². The molecule has 1 aliphatic heterocycles. The van der Waals surface area contributed by atoms with Gasteiger partial charge in [0.15, 0.2) is 0 Å². The minimum atomic E-state index is -4.16. The van der Waals surface area contributed by atoms with Gasteiger partial charge >= 0.3 is 6.18 Å². The first-order valence-corrected chi connectivity index (χ1v) is 6.03. The van der Waals surface area contributed by atoms with Crippen LogP contribution in [0.2, 0.25) is 0 Å². The SMILES string of the molecule is CC(C)CC(N)CN1CC=C(C(F)(F)F)CC1. The van der Waals surface area contributed by atoms with Crippen molar-refractivity contribution in [3.63, 3.8) is 0 Å². The summed E-state index contributed by atoms with van der Waals surface area (Å²) in [5.74, 6) is 0.524. The lowest BCUT2D eigenvalue weighted by atomic mass is 10.0. The Balaban J connectivity index is 2.39. The number of alkyl halides is 3. The molecule has 5 heteroatoms. The maximum Gasteiger partial charge on any atom is 0.412 e. The van der Waals surface area contributed by atoms with Gasteiger partial charge in [-0.25, -0.2) is 0 Å². The van der Waals surface area contributed by atoms with Gasteiger partial charge in [0.1, 0.15) is 0 Å². The van der Waals surface area contributed by atoms with Gasteiger partial charge in [-0.2, -0.15) is 13.2 Å². The van der Waals surface area contributed by atoms with Crippen molar-refractivity contribution in [3.8, 4) is 0 Å². The van der Waals surface area contributed by atoms with E-state index in [0.717, 1.165) is 6.42 Å². The normalized spacial score (nSPS) is 20.5. The molecule has 17 heavy (non-hydrogen) atoms. The summed E-state index contributed by atoms with van der Waals surface area (Å²) in [5.41, 5.74) is 5.54. The molecular weight excluding hydrogens is 229 g/mol. The lowest BCUT2D eigenvalue weighted by Gasteiger charge is -2.29. The third-order valence-corrected chi connectivity index (χ3v) is 2.92. The van der Waals surface area contributed by atoms with Gasteiger partial charge in [0.25, 0.3) is 0 Å². The van der Waals surface area contributed by atoms with E-state index in [1.54, 1.807) is 0 Å². The smallest absolute Gasteiger partial charge is 0.327 e. The van der Waals surface area contributed by atoms with E-state index in [9.17, 15) is 13.2 Å². The zero-order chi connectivity index (χ0) is 13.1. The lowest BCUT2D eigenvalue weighted by Crippen LogP contribution is -2.41. The molecule has 0 aromatic heterocycles. The highest BCUT2D eigenvalue weighted by Gasteiger charge is 2.34. The van der Waals surface area contributed by atoms with E-state index in [4.69, 9.17) is 5.73 Å². The van der Waals surface area contributed by atoms with Crippen molar-refractivity contribution >= 4 is 0 Å². The molecule has 100 valence electrons. The molecule has 0 radical (unpaired) electrons. The molecule has 2 nitrogen and oxygen atoms in total. The van der Waals surface area contributed by atoms with Crippen LogP contribution in [0.1, 0.15) is 26.7 Å². The minimum absolute atomic E-state index is 0.0517. The van der Waals surface area contributed by atoms with Gasteiger partial charge in [-0.15, -0.1) is 0 Å². The van der Waals surface area contributed by atoms with Crippen molar-refractivity contribution in [2.45, 2.75) is 38.9 Å². The Labute approximate surface area is 101 Å². The number of halogens is 3. The second-order valence-corrected chi connectivity index (χ2v) is 5.13. The summed E-state index contributed by atoms with van der Waals surface area (Å²) in [4.78, 5) is 1.99. The molecule has 0 amide bonds. The van der Waals surface area contributed by atoms with Gasteiger partial charge in [-0.05, 0) is 18.8 Å². The first-order valence-electron chi connectivity index (χ1n) is 6.03. The van der Waals surface area contributed by atoms with Crippen molar-refractivity contribution in [1.29, 1.82) is 0 Å². The summed E-state index contributed by atoms with van der Waals surface area (Å²) in [6, 6.07) is 0.0517. The zero-order valence-electron chi connectivity index (χ0n) is 10.4. The number of rotatable bonds is 4. The van der Waals surface area contributed by atoms with Crippen LogP contribution in [0, 0.1) is 5.92 Å². The first-order chi connectivity index (χ1) is 7.79. The molecule has 0 aromatic carbocycles. The second-order valence-electron chi connectivity index (χ2n) is 5.13. The maximum atomic E-state index is 12.4. The number of nitrogens with two attached hydrogens (primary N) is 1. The van der Waals surface area contributed by atoms with Crippen LogP contribution in [-0.2, 0) is 0 Å². The van der Waals surface area contributed by atoms with Crippen molar-refractivity contribution < 1.29 is 13.2 Å². The van der Waals surface area contributed by atoms with Gasteiger partial charge in [-0.3, -0.25) is 4.90 Å². The molecule has 1 unspecified atom stereocenters. The van der Waals surface area contributed by atoms with Crippen molar-refractivity contribution in [3.05, 3.63) is 11.6 Å². The maximum absolute atomic E-state index is 12.4. The van der Waals surface area contributed by atoms with Crippen LogP contribution in [0.4, 0.5) is 13.2 Å². The largest absolute Gasteiger partial charge is 0.412 e. The fourth-order valence-corrected chi connectivity index (χ4v) is 2.15. The first kappa shape index (κ1) is 14.5. The molecule has 0 spiro atoms. The summed E-state index contributed by atoms with van der Waals surface area (Å²) >= 11 is 0. The summed E-state index contributed by atoms with van der Waals surface area (Å²) in [5, 5.41) is 0. The van der Waals surface area contributed by atoms with E-state index in [1.807, 2.05) is 4.90 Å². The lowest BCUT2D eigenvalue weighted by molar-refractivity contribution is -0.0960. The van der Waals surface area contributed by atoms with Crippen LogP contribution >= 0.6 is 0 Å². The molecule has 1 heterocycles. The Morgan fingerprint density at radius 2 is 2.06 bits per heavy atom. The van der Waals surface area contributed by atoms with Gasteiger partial charge in [0, 0.05) is 31.2 Å². The Morgan fingerprint density at radius 1 is 1.41 bits per heavy atom. The van der Waals surface area contributed by atoms with E-state index in [2.05, 4.69) is 13.8 Å². The number of hydrogen-bond acceptors (Lipinski definition) is 2. The topological polar surface area (TPSA) is 29.3 Å². The average Bonchev–Trinajstić information content (AvgIpc) is 2.15. The van der Waals surface area contributed by atoms with Crippen LogP contribution in [0.25, 0.3) is 0 Å². The van der Waals surface area contributed by atoms with E-state index >= 15 is 0 Å². The molecule has 0 saturated carbocycles. The predicted molar refractivity (Wildman–Crippen MR) is 62.6 cm³/mol. The monoisotopic (exact) mass is 250 g/mol. The highest BCUT2D eigenvalue weighted by molar-refractivity contribution is 5.13. The van der Waals surface area contributed by atoms with Crippen LogP contribution in [0.3, 0.4) is 0 Å². The molecule has 1 aliphatic rings. The molecule has 0 bridgehead atoms. The summed E-state index contributed by atoms with van der Waals surface area (Å²) < 4.78 is 37.2. The Morgan fingerprint density at radius 3 is 2.47 bits per heavy atom. The highest BCUT2D eigenvalue weighted by Crippen LogP contribution is 2.30. The molecule has 0 aromatic rings. The summed E-state index contributed by atoms with van der Waals surface area (Å²) in [6.07, 6.45) is -1.89. The molecule has 0 fully saturated rings. The van der Waals surface area contributed by atoms with Crippen LogP contribution in [0.5, 0.6) is 0 Å². The molecule has 0 aliphatic carbocycles. The molecular formula is C12H21F3N2. The Hall–Kier alpha value is -0.550. The van der Waals surface area contributed by atoms with E-state index in [-0.39, 0.29) is 12.5 Å². The number of hydrogen-bond donors (Lipinski definition) is 1. The fraction of sp³-hybridized carbons (Fsp3) is 0.833. The summed E-state index contributed by atoms with van der Waals surface area (Å²) in [6.45, 7) is 5.69. The van der Waals surface area contributed by atoms with Crippen molar-refractivity contribution in [2.24, 2.45) is 11.7 Å². The minimum Gasteiger partial charge on any atom is -0.327 e. The Kier molecular flexibility index (Phi) is 5.01. The molecule has 1 rings (SSSR count). The standard InChI is InChI=1S/C12H21F3N2/c1-9(2)7-11(16)8-17-5-3-10(4-6-17)12(13,14)15/h3,9,11H,4-8,16H2,1-2H3. The van der Waals surface area contributed by atoms with Gasteiger partial charge < -0.3 is 5.73 Å². The highest BCUT2D eigenvalue weighted by atomic mass is 19.4. The fourth-order valence-electron chi connectivity index (χ4n) is 2.15. The summed E-state index contributed by atoms with van der Waals surface area (Å²) in [7, 11) is 0. The average molecular weight is 250 g/mol. The van der Waals surface area contributed by atoms with E-state index in [1.165, 1.54) is 6.08 Å². The quantitative estimate of drug-likeness (QED) is 0.777. The van der Waals surface area contributed by atoms with E-state index < -0.39 is 11.7 Å². The van der Waals surface area contributed by atoms with Gasteiger partial charge in [0.05, 0.1) is 0 Å². The zero-order valence-corrected chi connectivity index (χ0v) is 10.4. The van der Waals surface area contributed by atoms with Gasteiger partial charge in [-0.1, -0.05) is 19.9 Å². The predicted octanol–water partition coefficient (Wildman–Crippen LogP) is 2.55. The number of nitrogens with zero attached hydrogens (tertiary/aromatic N) is 1. The van der Waals surface area contributed by atoms with Crippen molar-refractivity contribution in [2.75, 3.05) is 19.6 Å². The third-order valence-electron chi connectivity index (χ3n) is 2.92. The van der Waals surface area contributed by atoms with Crippen LogP contribution in [0.15, 0.2) is 11.6 Å². The second kappa shape index (κ2) is 5.87. The molecule has 1 atom stereocenters.